The highest BCUT2D eigenvalue weighted by molar-refractivity contribution is 7.20. The monoisotopic (exact) mass is 429 g/mol. The number of hydrogen-bond donors (Lipinski definition) is 1. The number of fused-ring (bicyclic) bond motifs is 2. The molecule has 0 spiro atoms. The Morgan fingerprint density at radius 1 is 1.27 bits per heavy atom. The second kappa shape index (κ2) is 8.15. The predicted octanol–water partition coefficient (Wildman–Crippen LogP) is 2.35. The van der Waals surface area contributed by atoms with Crippen molar-refractivity contribution in [2.75, 3.05) is 25.1 Å². The van der Waals surface area contributed by atoms with Crippen LogP contribution in [0.15, 0.2) is 29.3 Å². The Labute approximate surface area is 175 Å². The molecule has 0 saturated heterocycles. The number of rotatable bonds is 5. The Balaban J connectivity index is 1.55. The van der Waals surface area contributed by atoms with Crippen LogP contribution >= 0.6 is 11.3 Å². The summed E-state index contributed by atoms with van der Waals surface area (Å²) in [6.45, 7) is 4.33. The van der Waals surface area contributed by atoms with E-state index >= 15 is 0 Å². The third-order valence-electron chi connectivity index (χ3n) is 4.52. The van der Waals surface area contributed by atoms with Gasteiger partial charge in [0, 0.05) is 11.8 Å². The highest BCUT2D eigenvalue weighted by atomic mass is 32.1. The quantitative estimate of drug-likeness (QED) is 0.620. The first-order valence-electron chi connectivity index (χ1n) is 9.33. The first-order valence-corrected chi connectivity index (χ1v) is 10.1. The van der Waals surface area contributed by atoms with Gasteiger partial charge in [-0.2, -0.15) is 0 Å². The molecule has 0 atom stereocenters. The van der Waals surface area contributed by atoms with Gasteiger partial charge in [-0.15, -0.1) is 11.3 Å². The topological polar surface area (TPSA) is 109 Å². The molecule has 0 fully saturated rings. The number of thiophene rings is 1. The Bertz CT molecular complexity index is 1200. The maximum Gasteiger partial charge on any atom is 0.348 e. The van der Waals surface area contributed by atoms with E-state index in [2.05, 4.69) is 10.3 Å². The molecule has 10 heteroatoms. The molecule has 156 valence electrons. The van der Waals surface area contributed by atoms with E-state index in [0.29, 0.717) is 51.1 Å². The minimum atomic E-state index is -0.486. The predicted molar refractivity (Wildman–Crippen MR) is 111 cm³/mol. The van der Waals surface area contributed by atoms with Crippen LogP contribution in [0.2, 0.25) is 0 Å². The van der Waals surface area contributed by atoms with Gasteiger partial charge in [0.05, 0.1) is 18.3 Å². The van der Waals surface area contributed by atoms with Gasteiger partial charge in [-0.25, -0.2) is 9.78 Å². The largest absolute Gasteiger partial charge is 0.486 e. The zero-order chi connectivity index (χ0) is 21.3. The molecule has 0 saturated carbocycles. The summed E-state index contributed by atoms with van der Waals surface area (Å²) in [7, 11) is 0. The molecule has 3 aromatic rings. The van der Waals surface area contributed by atoms with E-state index in [9.17, 15) is 14.4 Å². The summed E-state index contributed by atoms with van der Waals surface area (Å²) in [6.07, 6.45) is 1.30. The third-order valence-corrected chi connectivity index (χ3v) is 5.70. The lowest BCUT2D eigenvalue weighted by atomic mass is 10.2. The van der Waals surface area contributed by atoms with Gasteiger partial charge in [-0.05, 0) is 31.5 Å². The molecule has 0 radical (unpaired) electrons. The molecular formula is C20H19N3O6S. The summed E-state index contributed by atoms with van der Waals surface area (Å²) in [4.78, 5) is 42.5. The van der Waals surface area contributed by atoms with Crippen molar-refractivity contribution in [3.8, 4) is 11.5 Å². The zero-order valence-corrected chi connectivity index (χ0v) is 17.2. The molecule has 1 aliphatic rings. The number of benzene rings is 1. The standard InChI is InChI=1S/C20H19N3O6S/c1-3-27-20(26)17-11(2)16-18(30-17)21-10-23(19(16)25)9-15(24)22-12-4-5-13-14(8-12)29-7-6-28-13/h4-5,8,10H,3,6-7,9H2,1-2H3,(H,22,24). The summed E-state index contributed by atoms with van der Waals surface area (Å²) < 4.78 is 17.2. The number of carbonyl (C=O) groups is 2. The molecule has 0 aliphatic carbocycles. The molecule has 3 heterocycles. The van der Waals surface area contributed by atoms with Crippen LogP contribution in [0.25, 0.3) is 10.2 Å². The van der Waals surface area contributed by atoms with Crippen molar-refractivity contribution in [1.82, 2.24) is 9.55 Å². The van der Waals surface area contributed by atoms with Gasteiger partial charge in [0.1, 0.15) is 29.5 Å². The van der Waals surface area contributed by atoms with Crippen molar-refractivity contribution in [3.05, 3.63) is 45.3 Å². The SMILES string of the molecule is CCOC(=O)c1sc2ncn(CC(=O)Nc3ccc4c(c3)OCCO4)c(=O)c2c1C. The van der Waals surface area contributed by atoms with Crippen LogP contribution in [-0.4, -0.2) is 41.2 Å². The summed E-state index contributed by atoms with van der Waals surface area (Å²) in [5.41, 5.74) is 0.650. The van der Waals surface area contributed by atoms with Crippen LogP contribution in [0, 0.1) is 6.92 Å². The number of esters is 1. The lowest BCUT2D eigenvalue weighted by molar-refractivity contribution is -0.116. The van der Waals surface area contributed by atoms with Crippen LogP contribution in [0.3, 0.4) is 0 Å². The summed E-state index contributed by atoms with van der Waals surface area (Å²) in [5.74, 6) is 0.295. The van der Waals surface area contributed by atoms with Gasteiger partial charge in [0.15, 0.2) is 11.5 Å². The van der Waals surface area contributed by atoms with Gasteiger partial charge in [0.2, 0.25) is 5.91 Å². The number of ether oxygens (including phenoxy) is 3. The van der Waals surface area contributed by atoms with Gasteiger partial charge in [0.25, 0.3) is 5.56 Å². The van der Waals surface area contributed by atoms with E-state index in [1.807, 2.05) is 0 Å². The Morgan fingerprint density at radius 3 is 2.80 bits per heavy atom. The average molecular weight is 429 g/mol. The van der Waals surface area contributed by atoms with Crippen molar-refractivity contribution >= 4 is 39.1 Å². The summed E-state index contributed by atoms with van der Waals surface area (Å²) in [5, 5.41) is 3.05. The molecular weight excluding hydrogens is 410 g/mol. The second-order valence-electron chi connectivity index (χ2n) is 6.54. The molecule has 4 rings (SSSR count). The number of nitrogens with one attached hydrogen (secondary N) is 1. The van der Waals surface area contributed by atoms with E-state index in [1.54, 1.807) is 32.0 Å². The highest BCUT2D eigenvalue weighted by Gasteiger charge is 2.21. The van der Waals surface area contributed by atoms with Crippen LogP contribution in [0.4, 0.5) is 5.69 Å². The van der Waals surface area contributed by atoms with Gasteiger partial charge in [-0.1, -0.05) is 0 Å². The molecule has 30 heavy (non-hydrogen) atoms. The number of aromatic nitrogens is 2. The molecule has 0 bridgehead atoms. The van der Waals surface area contributed by atoms with E-state index < -0.39 is 11.9 Å². The number of aryl methyl sites for hydroxylation is 1. The number of amides is 1. The smallest absolute Gasteiger partial charge is 0.348 e. The normalized spacial score (nSPS) is 12.6. The van der Waals surface area contributed by atoms with Crippen LogP contribution in [0.5, 0.6) is 11.5 Å². The maximum absolute atomic E-state index is 12.9. The number of nitrogens with zero attached hydrogens (tertiary/aromatic N) is 2. The van der Waals surface area contributed by atoms with Crippen molar-refractivity contribution in [3.63, 3.8) is 0 Å². The van der Waals surface area contributed by atoms with Crippen molar-refractivity contribution in [1.29, 1.82) is 0 Å². The third kappa shape index (κ3) is 3.73. The Hall–Kier alpha value is -3.40. The molecule has 1 N–H and O–H groups in total. The molecule has 1 aliphatic heterocycles. The van der Waals surface area contributed by atoms with E-state index in [-0.39, 0.29) is 18.7 Å². The molecule has 0 unspecified atom stereocenters. The van der Waals surface area contributed by atoms with E-state index in [1.165, 1.54) is 10.9 Å². The minimum Gasteiger partial charge on any atom is -0.486 e. The summed E-state index contributed by atoms with van der Waals surface area (Å²) >= 11 is 1.10. The number of anilines is 1. The van der Waals surface area contributed by atoms with E-state index in [0.717, 1.165) is 11.3 Å². The Morgan fingerprint density at radius 2 is 2.03 bits per heavy atom. The first kappa shape index (κ1) is 19.9. The van der Waals surface area contributed by atoms with Gasteiger partial charge >= 0.3 is 5.97 Å². The first-order chi connectivity index (χ1) is 14.5. The molecule has 1 aromatic carbocycles. The van der Waals surface area contributed by atoms with Gasteiger partial charge in [-0.3, -0.25) is 14.2 Å². The highest BCUT2D eigenvalue weighted by Crippen LogP contribution is 2.32. The van der Waals surface area contributed by atoms with Crippen LogP contribution < -0.4 is 20.3 Å². The number of hydrogen-bond acceptors (Lipinski definition) is 8. The zero-order valence-electron chi connectivity index (χ0n) is 16.4. The van der Waals surface area contributed by atoms with Crippen molar-refractivity contribution < 1.29 is 23.8 Å². The lowest BCUT2D eigenvalue weighted by Crippen LogP contribution is -2.28. The van der Waals surface area contributed by atoms with Crippen LogP contribution in [0.1, 0.15) is 22.2 Å². The number of carbonyl (C=O) groups excluding carboxylic acids is 2. The van der Waals surface area contributed by atoms with Gasteiger partial charge < -0.3 is 19.5 Å². The molecule has 1 amide bonds. The van der Waals surface area contributed by atoms with Crippen molar-refractivity contribution in [2.45, 2.75) is 20.4 Å². The Kier molecular flexibility index (Phi) is 5.40. The fourth-order valence-electron chi connectivity index (χ4n) is 3.14. The average Bonchev–Trinajstić information content (AvgIpc) is 3.07. The summed E-state index contributed by atoms with van der Waals surface area (Å²) in [6, 6.07) is 5.09. The minimum absolute atomic E-state index is 0.222. The molecule has 9 nitrogen and oxygen atoms in total. The van der Waals surface area contributed by atoms with Crippen molar-refractivity contribution in [2.24, 2.45) is 0 Å². The molecule has 2 aromatic heterocycles. The fraction of sp³-hybridized carbons (Fsp3) is 0.300. The fourth-order valence-corrected chi connectivity index (χ4v) is 4.17. The maximum atomic E-state index is 12.9. The second-order valence-corrected chi connectivity index (χ2v) is 7.54. The van der Waals surface area contributed by atoms with Crippen LogP contribution in [-0.2, 0) is 16.1 Å². The van der Waals surface area contributed by atoms with E-state index in [4.69, 9.17) is 14.2 Å². The lowest BCUT2D eigenvalue weighted by Gasteiger charge is -2.19.